The molecule has 1 aromatic heterocycles. The molecule has 1 unspecified atom stereocenters. The first-order chi connectivity index (χ1) is 8.60. The van der Waals surface area contributed by atoms with E-state index in [1.54, 1.807) is 18.4 Å². The highest BCUT2D eigenvalue weighted by atomic mass is 79.9. The predicted molar refractivity (Wildman–Crippen MR) is 78.4 cm³/mol. The summed E-state index contributed by atoms with van der Waals surface area (Å²) in [5, 5.41) is 10.2. The second kappa shape index (κ2) is 5.87. The quantitative estimate of drug-likeness (QED) is 0.916. The molecule has 0 spiro atoms. The molecule has 1 heterocycles. The SMILES string of the molecule is COc1cc(C(O)Cc2ccc(Br)s2)ccc1C. The third-order valence-corrected chi connectivity index (χ3v) is 4.49. The van der Waals surface area contributed by atoms with Crippen LogP contribution in [0, 0.1) is 6.92 Å². The standard InChI is InChI=1S/C14H15BrO2S/c1-9-3-4-10(7-13(9)17-2)12(16)8-11-5-6-14(15)18-11/h3-7,12,16H,8H2,1-2H3. The van der Waals surface area contributed by atoms with Gasteiger partial charge in [-0.3, -0.25) is 0 Å². The zero-order valence-electron chi connectivity index (χ0n) is 10.3. The second-order valence-electron chi connectivity index (χ2n) is 4.15. The van der Waals surface area contributed by atoms with Crippen molar-refractivity contribution in [2.24, 2.45) is 0 Å². The molecule has 2 nitrogen and oxygen atoms in total. The molecule has 1 aromatic carbocycles. The minimum absolute atomic E-state index is 0.495. The molecular weight excluding hydrogens is 312 g/mol. The van der Waals surface area contributed by atoms with E-state index in [-0.39, 0.29) is 0 Å². The molecule has 0 saturated heterocycles. The lowest BCUT2D eigenvalue weighted by molar-refractivity contribution is 0.179. The zero-order chi connectivity index (χ0) is 13.1. The van der Waals surface area contributed by atoms with Gasteiger partial charge >= 0.3 is 0 Å². The monoisotopic (exact) mass is 326 g/mol. The van der Waals surface area contributed by atoms with E-state index in [2.05, 4.69) is 15.9 Å². The van der Waals surface area contributed by atoms with Gasteiger partial charge in [-0.15, -0.1) is 11.3 Å². The maximum absolute atomic E-state index is 10.2. The molecule has 2 aromatic rings. The molecule has 0 aliphatic rings. The molecule has 2 rings (SSSR count). The van der Waals surface area contributed by atoms with Gasteiger partial charge < -0.3 is 9.84 Å². The van der Waals surface area contributed by atoms with Crippen molar-refractivity contribution in [2.45, 2.75) is 19.4 Å². The molecule has 18 heavy (non-hydrogen) atoms. The Labute approximate surface area is 119 Å². The van der Waals surface area contributed by atoms with Gasteiger partial charge in [0.15, 0.2) is 0 Å². The minimum atomic E-state index is -0.495. The Morgan fingerprint density at radius 3 is 2.72 bits per heavy atom. The van der Waals surface area contributed by atoms with Gasteiger partial charge in [-0.2, -0.15) is 0 Å². The number of benzene rings is 1. The Morgan fingerprint density at radius 2 is 2.11 bits per heavy atom. The number of hydrogen-bond acceptors (Lipinski definition) is 3. The van der Waals surface area contributed by atoms with E-state index in [0.717, 1.165) is 25.5 Å². The lowest BCUT2D eigenvalue weighted by atomic mass is 10.0. The van der Waals surface area contributed by atoms with Crippen molar-refractivity contribution in [2.75, 3.05) is 7.11 Å². The molecule has 0 amide bonds. The fraction of sp³-hybridized carbons (Fsp3) is 0.286. The largest absolute Gasteiger partial charge is 0.496 e. The summed E-state index contributed by atoms with van der Waals surface area (Å²) in [5.74, 6) is 0.818. The van der Waals surface area contributed by atoms with Gasteiger partial charge in [0.05, 0.1) is 17.0 Å². The van der Waals surface area contributed by atoms with Crippen molar-refractivity contribution in [3.05, 3.63) is 50.1 Å². The summed E-state index contributed by atoms with van der Waals surface area (Å²) >= 11 is 5.08. The number of thiophene rings is 1. The van der Waals surface area contributed by atoms with Crippen LogP contribution in [0.25, 0.3) is 0 Å². The van der Waals surface area contributed by atoms with Crippen LogP contribution in [-0.4, -0.2) is 12.2 Å². The predicted octanol–water partition coefficient (Wildman–Crippen LogP) is 4.10. The van der Waals surface area contributed by atoms with Gasteiger partial charge in [0.2, 0.25) is 0 Å². The highest BCUT2D eigenvalue weighted by molar-refractivity contribution is 9.11. The summed E-state index contributed by atoms with van der Waals surface area (Å²) in [6.07, 6.45) is 0.132. The number of halogens is 1. The van der Waals surface area contributed by atoms with Gasteiger partial charge in [-0.05, 0) is 52.2 Å². The summed E-state index contributed by atoms with van der Waals surface area (Å²) in [5.41, 5.74) is 1.97. The molecule has 1 atom stereocenters. The summed E-state index contributed by atoms with van der Waals surface area (Å²) in [6, 6.07) is 9.86. The summed E-state index contributed by atoms with van der Waals surface area (Å²) in [6.45, 7) is 1.99. The van der Waals surface area contributed by atoms with E-state index >= 15 is 0 Å². The molecule has 96 valence electrons. The van der Waals surface area contributed by atoms with Crippen molar-refractivity contribution in [1.82, 2.24) is 0 Å². The molecule has 0 saturated carbocycles. The molecule has 0 aliphatic carbocycles. The Kier molecular flexibility index (Phi) is 4.43. The van der Waals surface area contributed by atoms with E-state index in [4.69, 9.17) is 4.74 Å². The molecule has 0 bridgehead atoms. The number of methoxy groups -OCH3 is 1. The van der Waals surface area contributed by atoms with E-state index in [9.17, 15) is 5.11 Å². The van der Waals surface area contributed by atoms with Crippen molar-refractivity contribution in [1.29, 1.82) is 0 Å². The van der Waals surface area contributed by atoms with Gasteiger partial charge in [-0.25, -0.2) is 0 Å². The van der Waals surface area contributed by atoms with Gasteiger partial charge in [0.25, 0.3) is 0 Å². The van der Waals surface area contributed by atoms with Crippen molar-refractivity contribution in [3.63, 3.8) is 0 Å². The van der Waals surface area contributed by atoms with Crippen LogP contribution in [0.15, 0.2) is 34.1 Å². The zero-order valence-corrected chi connectivity index (χ0v) is 12.7. The van der Waals surface area contributed by atoms with E-state index in [1.165, 1.54) is 0 Å². The van der Waals surface area contributed by atoms with Crippen LogP contribution < -0.4 is 4.74 Å². The smallest absolute Gasteiger partial charge is 0.122 e. The molecule has 1 N–H and O–H groups in total. The fourth-order valence-corrected chi connectivity index (χ4v) is 3.33. The minimum Gasteiger partial charge on any atom is -0.496 e. The molecule has 0 radical (unpaired) electrons. The number of aliphatic hydroxyl groups is 1. The third kappa shape index (κ3) is 3.13. The third-order valence-electron chi connectivity index (χ3n) is 2.84. The topological polar surface area (TPSA) is 29.5 Å². The van der Waals surface area contributed by atoms with Crippen LogP contribution in [0.4, 0.5) is 0 Å². The number of aliphatic hydroxyl groups excluding tert-OH is 1. The van der Waals surface area contributed by atoms with Crippen LogP contribution in [0.3, 0.4) is 0 Å². The lowest BCUT2D eigenvalue weighted by Gasteiger charge is -2.12. The first-order valence-electron chi connectivity index (χ1n) is 5.67. The fourth-order valence-electron chi connectivity index (χ4n) is 1.81. The maximum atomic E-state index is 10.2. The van der Waals surface area contributed by atoms with E-state index < -0.39 is 6.10 Å². The number of aryl methyl sites for hydroxylation is 1. The van der Waals surface area contributed by atoms with Crippen LogP contribution >= 0.6 is 27.3 Å². The Hall–Kier alpha value is -0.840. The normalized spacial score (nSPS) is 12.4. The van der Waals surface area contributed by atoms with Gasteiger partial charge in [0, 0.05) is 11.3 Å². The van der Waals surface area contributed by atoms with Crippen molar-refractivity contribution in [3.8, 4) is 5.75 Å². The average molecular weight is 327 g/mol. The highest BCUT2D eigenvalue weighted by Gasteiger charge is 2.12. The van der Waals surface area contributed by atoms with Crippen LogP contribution in [0.2, 0.25) is 0 Å². The summed E-state index contributed by atoms with van der Waals surface area (Å²) in [7, 11) is 1.65. The Bertz CT molecular complexity index is 536. The van der Waals surface area contributed by atoms with Crippen LogP contribution in [0.5, 0.6) is 5.75 Å². The summed E-state index contributed by atoms with van der Waals surface area (Å²) < 4.78 is 6.36. The van der Waals surface area contributed by atoms with Gasteiger partial charge in [0.1, 0.15) is 5.75 Å². The van der Waals surface area contributed by atoms with E-state index in [1.807, 2.05) is 37.3 Å². The number of rotatable bonds is 4. The van der Waals surface area contributed by atoms with Crippen LogP contribution in [-0.2, 0) is 6.42 Å². The maximum Gasteiger partial charge on any atom is 0.122 e. The molecule has 0 aliphatic heterocycles. The summed E-state index contributed by atoms with van der Waals surface area (Å²) in [4.78, 5) is 1.16. The Morgan fingerprint density at radius 1 is 1.33 bits per heavy atom. The molecule has 4 heteroatoms. The number of hydrogen-bond donors (Lipinski definition) is 1. The van der Waals surface area contributed by atoms with Crippen LogP contribution in [0.1, 0.15) is 22.1 Å². The van der Waals surface area contributed by atoms with Crippen molar-refractivity contribution < 1.29 is 9.84 Å². The molecular formula is C14H15BrO2S. The molecule has 0 fully saturated rings. The Balaban J connectivity index is 2.15. The van der Waals surface area contributed by atoms with E-state index in [0.29, 0.717) is 6.42 Å². The average Bonchev–Trinajstić information content (AvgIpc) is 2.75. The number of ether oxygens (including phenoxy) is 1. The van der Waals surface area contributed by atoms with Gasteiger partial charge in [-0.1, -0.05) is 12.1 Å². The first kappa shape index (κ1) is 13.6. The first-order valence-corrected chi connectivity index (χ1v) is 7.28. The lowest BCUT2D eigenvalue weighted by Crippen LogP contribution is -2.01. The second-order valence-corrected chi connectivity index (χ2v) is 6.70. The van der Waals surface area contributed by atoms with Crippen molar-refractivity contribution >= 4 is 27.3 Å². The highest BCUT2D eigenvalue weighted by Crippen LogP contribution is 2.29.